The summed E-state index contributed by atoms with van der Waals surface area (Å²) < 4.78 is 25.4. The molecule has 0 unspecified atom stereocenters. The summed E-state index contributed by atoms with van der Waals surface area (Å²) in [5.41, 5.74) is 6.20. The van der Waals surface area contributed by atoms with E-state index in [1.165, 1.54) is 0 Å². The monoisotopic (exact) mass is 408 g/mol. The highest BCUT2D eigenvalue weighted by atomic mass is 32.2. The van der Waals surface area contributed by atoms with E-state index in [4.69, 9.17) is 0 Å². The molecule has 1 saturated heterocycles. The van der Waals surface area contributed by atoms with E-state index in [-0.39, 0.29) is 22.8 Å². The van der Waals surface area contributed by atoms with E-state index in [2.05, 4.69) is 18.0 Å². The average molecular weight is 409 g/mol. The number of hydrogen-bond acceptors (Lipinski definition) is 5. The number of aromatic nitrogens is 1. The van der Waals surface area contributed by atoms with E-state index in [1.54, 1.807) is 25.2 Å². The van der Waals surface area contributed by atoms with Crippen molar-refractivity contribution in [3.8, 4) is 0 Å². The summed E-state index contributed by atoms with van der Waals surface area (Å²) in [7, 11) is -3.02. The number of rotatable bonds is 5. The number of piperidine rings is 1. The topological polar surface area (TPSA) is 67.3 Å². The highest BCUT2D eigenvalue weighted by Gasteiger charge is 2.28. The second-order valence-electron chi connectivity index (χ2n) is 7.89. The summed E-state index contributed by atoms with van der Waals surface area (Å²) >= 11 is 1.62. The van der Waals surface area contributed by atoms with Crippen molar-refractivity contribution < 1.29 is 13.2 Å². The zero-order chi connectivity index (χ0) is 19.8. The van der Waals surface area contributed by atoms with E-state index in [0.717, 1.165) is 39.7 Å². The van der Waals surface area contributed by atoms with Gasteiger partial charge in [0.1, 0.15) is 0 Å². The lowest BCUT2D eigenvalue weighted by Crippen LogP contribution is -2.41. The second-order valence-corrected chi connectivity index (χ2v) is 11.3. The fraction of sp³-hybridized carbons (Fsp3) is 0.600. The van der Waals surface area contributed by atoms with Gasteiger partial charge in [-0.05, 0) is 63.1 Å². The fourth-order valence-corrected chi connectivity index (χ4v) is 5.98. The van der Waals surface area contributed by atoms with E-state index < -0.39 is 9.84 Å². The summed E-state index contributed by atoms with van der Waals surface area (Å²) in [5.74, 6) is 0.540. The van der Waals surface area contributed by atoms with Crippen molar-refractivity contribution in [2.75, 3.05) is 18.8 Å². The lowest BCUT2D eigenvalue weighted by Gasteiger charge is -2.32. The van der Waals surface area contributed by atoms with Crippen LogP contribution in [-0.2, 0) is 21.1 Å². The third-order valence-corrected chi connectivity index (χ3v) is 8.97. The van der Waals surface area contributed by atoms with Crippen LogP contribution in [0.5, 0.6) is 0 Å². The molecule has 0 atom stereocenters. The van der Waals surface area contributed by atoms with Gasteiger partial charge < -0.3 is 4.90 Å². The Kier molecular flexibility index (Phi) is 5.91. The lowest BCUT2D eigenvalue weighted by molar-refractivity contribution is -0.131. The largest absolute Gasteiger partial charge is 0.342 e. The van der Waals surface area contributed by atoms with E-state index in [1.807, 2.05) is 17.3 Å². The number of nitrogens with zero attached hydrogens (tertiary/aromatic N) is 2. The number of carbonyl (C=O) groups is 1. The van der Waals surface area contributed by atoms with Crippen LogP contribution in [-0.4, -0.2) is 48.3 Å². The van der Waals surface area contributed by atoms with Crippen molar-refractivity contribution in [1.82, 2.24) is 9.88 Å². The number of carbonyl (C=O) groups excluding carboxylic acids is 1. The molecular weight excluding hydrogens is 380 g/mol. The van der Waals surface area contributed by atoms with Crippen molar-refractivity contribution in [2.45, 2.75) is 52.2 Å². The molecule has 0 aliphatic carbocycles. The van der Waals surface area contributed by atoms with Crippen molar-refractivity contribution in [3.05, 3.63) is 28.3 Å². The van der Waals surface area contributed by atoms with Crippen LogP contribution < -0.4 is 0 Å². The van der Waals surface area contributed by atoms with Gasteiger partial charge in [-0.25, -0.2) is 13.4 Å². The molecule has 1 aliphatic rings. The molecule has 7 heteroatoms. The SMILES string of the molecule is Cc1cc(CC(=O)N2CCC(CS(=O)(=O)C(C)C)CC2)c(C)c2scnc12. The zero-order valence-electron chi connectivity index (χ0n) is 16.5. The molecule has 3 rings (SSSR count). The van der Waals surface area contributed by atoms with Gasteiger partial charge in [-0.15, -0.1) is 11.3 Å². The zero-order valence-corrected chi connectivity index (χ0v) is 18.1. The summed E-state index contributed by atoms with van der Waals surface area (Å²) in [6.07, 6.45) is 1.93. The molecule has 1 aliphatic heterocycles. The Hall–Kier alpha value is -1.47. The molecule has 0 radical (unpaired) electrons. The molecule has 2 aromatic rings. The standard InChI is InChI=1S/C20H28N2O3S2/c1-13(2)27(24,25)11-16-5-7-22(8-6-16)18(23)10-17-9-14(3)19-20(15(17)4)26-12-21-19/h9,12-13,16H,5-8,10-11H2,1-4H3. The molecule has 5 nitrogen and oxygen atoms in total. The lowest BCUT2D eigenvalue weighted by atomic mass is 9.97. The molecule has 0 N–H and O–H groups in total. The van der Waals surface area contributed by atoms with Crippen LogP contribution in [0.3, 0.4) is 0 Å². The molecular formula is C20H28N2O3S2. The third kappa shape index (κ3) is 4.35. The maximum atomic E-state index is 12.8. The van der Waals surface area contributed by atoms with Crippen LogP contribution in [0.15, 0.2) is 11.6 Å². The van der Waals surface area contributed by atoms with Crippen LogP contribution >= 0.6 is 11.3 Å². The highest BCUT2D eigenvalue weighted by molar-refractivity contribution is 7.91. The first-order valence-electron chi connectivity index (χ1n) is 9.50. The Balaban J connectivity index is 1.63. The van der Waals surface area contributed by atoms with Crippen molar-refractivity contribution in [3.63, 3.8) is 0 Å². The Labute approximate surface area is 165 Å². The molecule has 1 amide bonds. The molecule has 0 bridgehead atoms. The Morgan fingerprint density at radius 1 is 1.30 bits per heavy atom. The molecule has 1 aromatic carbocycles. The van der Waals surface area contributed by atoms with Gasteiger partial charge in [-0.2, -0.15) is 0 Å². The third-order valence-electron chi connectivity index (χ3n) is 5.65. The molecule has 148 valence electrons. The maximum Gasteiger partial charge on any atom is 0.227 e. The molecule has 0 saturated carbocycles. The van der Waals surface area contributed by atoms with E-state index in [0.29, 0.717) is 19.5 Å². The Morgan fingerprint density at radius 2 is 1.96 bits per heavy atom. The van der Waals surface area contributed by atoms with Gasteiger partial charge in [-0.1, -0.05) is 6.07 Å². The molecule has 0 spiro atoms. The Morgan fingerprint density at radius 3 is 2.59 bits per heavy atom. The van der Waals surface area contributed by atoms with Gasteiger partial charge in [0.2, 0.25) is 5.91 Å². The predicted octanol–water partition coefficient (Wildman–Crippen LogP) is 3.52. The second kappa shape index (κ2) is 7.87. The van der Waals surface area contributed by atoms with Crippen LogP contribution in [0.2, 0.25) is 0 Å². The minimum absolute atomic E-state index is 0.131. The number of likely N-dealkylation sites (tertiary alicyclic amines) is 1. The molecule has 1 fully saturated rings. The van der Waals surface area contributed by atoms with Gasteiger partial charge in [-0.3, -0.25) is 4.79 Å². The van der Waals surface area contributed by atoms with E-state index in [9.17, 15) is 13.2 Å². The van der Waals surface area contributed by atoms with Crippen molar-refractivity contribution in [2.24, 2.45) is 5.92 Å². The highest BCUT2D eigenvalue weighted by Crippen LogP contribution is 2.29. The van der Waals surface area contributed by atoms with Gasteiger partial charge in [0.25, 0.3) is 0 Å². The van der Waals surface area contributed by atoms with Gasteiger partial charge in [0.05, 0.1) is 33.2 Å². The van der Waals surface area contributed by atoms with E-state index >= 15 is 0 Å². The number of benzene rings is 1. The minimum atomic E-state index is -3.02. The number of fused-ring (bicyclic) bond motifs is 1. The normalized spacial score (nSPS) is 16.4. The maximum absolute atomic E-state index is 12.8. The summed E-state index contributed by atoms with van der Waals surface area (Å²) in [6, 6.07) is 2.08. The minimum Gasteiger partial charge on any atom is -0.342 e. The molecule has 27 heavy (non-hydrogen) atoms. The number of amides is 1. The fourth-order valence-electron chi connectivity index (χ4n) is 3.71. The number of aryl methyl sites for hydroxylation is 2. The first-order chi connectivity index (χ1) is 12.7. The number of hydrogen-bond donors (Lipinski definition) is 0. The summed E-state index contributed by atoms with van der Waals surface area (Å²) in [5, 5.41) is -0.329. The first-order valence-corrected chi connectivity index (χ1v) is 12.1. The van der Waals surface area contributed by atoms with Crippen LogP contribution in [0.4, 0.5) is 0 Å². The molecule has 1 aromatic heterocycles. The smallest absolute Gasteiger partial charge is 0.227 e. The average Bonchev–Trinajstić information content (AvgIpc) is 3.10. The van der Waals surface area contributed by atoms with Crippen LogP contribution in [0.1, 0.15) is 43.4 Å². The number of thiazole rings is 1. The summed E-state index contributed by atoms with van der Waals surface area (Å²) in [6.45, 7) is 8.87. The number of sulfone groups is 1. The van der Waals surface area contributed by atoms with Crippen molar-refractivity contribution >= 4 is 37.3 Å². The van der Waals surface area contributed by atoms with Crippen LogP contribution in [0, 0.1) is 19.8 Å². The first kappa shape index (κ1) is 20.3. The van der Waals surface area contributed by atoms with Crippen molar-refractivity contribution in [1.29, 1.82) is 0 Å². The Bertz CT molecular complexity index is 940. The van der Waals surface area contributed by atoms with Gasteiger partial charge >= 0.3 is 0 Å². The molecule has 2 heterocycles. The van der Waals surface area contributed by atoms with Gasteiger partial charge in [0, 0.05) is 13.1 Å². The summed E-state index contributed by atoms with van der Waals surface area (Å²) in [4.78, 5) is 19.1. The predicted molar refractivity (Wildman–Crippen MR) is 111 cm³/mol. The quantitative estimate of drug-likeness (QED) is 0.759. The van der Waals surface area contributed by atoms with Crippen LogP contribution in [0.25, 0.3) is 10.2 Å². The van der Waals surface area contributed by atoms with Gasteiger partial charge in [0.15, 0.2) is 9.84 Å².